The molecule has 4 nitrogen and oxygen atoms in total. The fourth-order valence-electron chi connectivity index (χ4n) is 3.07. The monoisotopic (exact) mass is 535 g/mol. The van der Waals surface area contributed by atoms with Gasteiger partial charge in [-0.3, -0.25) is 4.99 Å². The number of hydrogen-bond donors (Lipinski definition) is 2. The number of nitrogens with zero attached hydrogens (tertiary/aromatic N) is 1. The first-order valence-electron chi connectivity index (χ1n) is 12.0. The van der Waals surface area contributed by atoms with E-state index in [1.54, 1.807) is 29.7 Å². The number of hydrogen-bond acceptors (Lipinski definition) is 6. The first-order chi connectivity index (χ1) is 17.9. The van der Waals surface area contributed by atoms with Crippen molar-refractivity contribution in [3.05, 3.63) is 100 Å². The Kier molecular flexibility index (Phi) is 19.4. The van der Waals surface area contributed by atoms with E-state index in [1.165, 1.54) is 25.8 Å². The largest absolute Gasteiger partial charge is 0.388 e. The van der Waals surface area contributed by atoms with Gasteiger partial charge in [0.2, 0.25) is 0 Å². The van der Waals surface area contributed by atoms with Crippen LogP contribution in [0.1, 0.15) is 45.6 Å². The number of fused-ring (bicyclic) bond motifs is 1. The quantitative estimate of drug-likeness (QED) is 0.0957. The molecular formula is C31H41N3OS2. The Hall–Kier alpha value is -2.98. The van der Waals surface area contributed by atoms with Gasteiger partial charge in [0.25, 0.3) is 0 Å². The molecular weight excluding hydrogens is 494 g/mol. The van der Waals surface area contributed by atoms with Gasteiger partial charge in [-0.1, -0.05) is 73.0 Å². The van der Waals surface area contributed by atoms with Gasteiger partial charge in [0.15, 0.2) is 0 Å². The summed E-state index contributed by atoms with van der Waals surface area (Å²) in [5.74, 6) is 0. The molecule has 37 heavy (non-hydrogen) atoms. The molecule has 2 rings (SSSR count). The predicted octanol–water partition coefficient (Wildman–Crippen LogP) is 7.44. The van der Waals surface area contributed by atoms with E-state index in [4.69, 9.17) is 10.7 Å². The second-order valence-corrected chi connectivity index (χ2v) is 9.72. The highest BCUT2D eigenvalue weighted by molar-refractivity contribution is 8.03. The van der Waals surface area contributed by atoms with E-state index in [0.717, 1.165) is 42.7 Å². The van der Waals surface area contributed by atoms with E-state index in [1.807, 2.05) is 25.2 Å². The molecule has 0 aliphatic carbocycles. The lowest BCUT2D eigenvalue weighted by atomic mass is 10.1. The molecule has 0 aromatic heterocycles. The van der Waals surface area contributed by atoms with Crippen LogP contribution in [0.15, 0.2) is 104 Å². The lowest BCUT2D eigenvalue weighted by Gasteiger charge is -2.13. The zero-order valence-electron chi connectivity index (χ0n) is 22.6. The summed E-state index contributed by atoms with van der Waals surface area (Å²) in [6, 6.07) is 8.46. The van der Waals surface area contributed by atoms with Crippen molar-refractivity contribution in [3.63, 3.8) is 0 Å². The van der Waals surface area contributed by atoms with Gasteiger partial charge >= 0.3 is 0 Å². The summed E-state index contributed by atoms with van der Waals surface area (Å²) >= 11 is 3.52. The Balaban J connectivity index is 0.000000997. The third kappa shape index (κ3) is 12.7. The van der Waals surface area contributed by atoms with Crippen LogP contribution in [0.2, 0.25) is 0 Å². The number of nitrogens with one attached hydrogen (secondary N) is 1. The molecule has 0 amide bonds. The minimum absolute atomic E-state index is 0.485. The van der Waals surface area contributed by atoms with E-state index in [2.05, 4.69) is 81.8 Å². The maximum absolute atomic E-state index is 10.4. The van der Waals surface area contributed by atoms with Crippen molar-refractivity contribution >= 4 is 35.5 Å². The first-order valence-corrected chi connectivity index (χ1v) is 14.0. The molecule has 1 heterocycles. The smallest absolute Gasteiger partial charge is 0.123 e. The average molecular weight is 536 g/mol. The fourth-order valence-corrected chi connectivity index (χ4v) is 4.93. The van der Waals surface area contributed by atoms with Crippen LogP contribution in [0.4, 0.5) is 0 Å². The number of terminal acetylenes is 1. The number of carbonyl (C=O) groups excluding carboxylic acids is 1. The maximum atomic E-state index is 10.4. The number of nitrogens with two attached hydrogens (primary N) is 1. The summed E-state index contributed by atoms with van der Waals surface area (Å²) in [5.41, 5.74) is 10.9. The molecule has 0 atom stereocenters. The molecule has 0 saturated carbocycles. The van der Waals surface area contributed by atoms with Crippen LogP contribution in [-0.2, 0) is 4.79 Å². The van der Waals surface area contributed by atoms with Crippen LogP contribution in [0.5, 0.6) is 0 Å². The summed E-state index contributed by atoms with van der Waals surface area (Å²) in [5, 5.41) is 2.95. The number of rotatable bonds is 12. The lowest BCUT2D eigenvalue weighted by molar-refractivity contribution is -0.107. The van der Waals surface area contributed by atoms with Crippen molar-refractivity contribution in [2.75, 3.05) is 19.3 Å². The van der Waals surface area contributed by atoms with Crippen molar-refractivity contribution in [1.29, 1.82) is 0 Å². The summed E-state index contributed by atoms with van der Waals surface area (Å²) < 4.78 is 0. The summed E-state index contributed by atoms with van der Waals surface area (Å²) in [6.45, 7) is 15.1. The minimum atomic E-state index is 0.485. The number of aldehydes is 1. The summed E-state index contributed by atoms with van der Waals surface area (Å²) in [7, 11) is 0. The van der Waals surface area contributed by atoms with Gasteiger partial charge in [0.05, 0.1) is 5.71 Å². The average Bonchev–Trinajstić information content (AvgIpc) is 3.06. The van der Waals surface area contributed by atoms with E-state index < -0.39 is 0 Å². The molecule has 1 aromatic rings. The van der Waals surface area contributed by atoms with Gasteiger partial charge in [-0.2, -0.15) is 0 Å². The molecule has 0 unspecified atom stereocenters. The Bertz CT molecular complexity index is 1060. The predicted molar refractivity (Wildman–Crippen MR) is 168 cm³/mol. The topological polar surface area (TPSA) is 67.5 Å². The molecule has 0 saturated heterocycles. The normalized spacial score (nSPS) is 13.5. The molecule has 1 aliphatic heterocycles. The van der Waals surface area contributed by atoms with Gasteiger partial charge in [-0.25, -0.2) is 0 Å². The highest BCUT2D eigenvalue weighted by atomic mass is 32.2. The molecule has 1 aliphatic rings. The Labute approximate surface area is 233 Å². The highest BCUT2D eigenvalue weighted by Crippen LogP contribution is 2.40. The number of allylic oxidation sites excluding steroid dienone is 7. The van der Waals surface area contributed by atoms with E-state index in [0.29, 0.717) is 13.0 Å². The second-order valence-electron chi connectivity index (χ2n) is 7.77. The lowest BCUT2D eigenvalue weighted by Crippen LogP contribution is -2.06. The molecule has 0 fully saturated rings. The number of carbonyl (C=O) groups is 1. The van der Waals surface area contributed by atoms with Crippen LogP contribution < -0.4 is 11.1 Å². The third-order valence-corrected chi connectivity index (χ3v) is 7.36. The van der Waals surface area contributed by atoms with Crippen LogP contribution in [-0.4, -0.2) is 31.3 Å². The molecule has 3 N–H and O–H groups in total. The Morgan fingerprint density at radius 3 is 2.51 bits per heavy atom. The van der Waals surface area contributed by atoms with Crippen molar-refractivity contribution < 1.29 is 4.79 Å². The zero-order valence-corrected chi connectivity index (χ0v) is 24.3. The molecule has 198 valence electrons. The van der Waals surface area contributed by atoms with Gasteiger partial charge in [-0.05, 0) is 57.7 Å². The fraction of sp³-hybridized carbons (Fsp3) is 0.290. The molecule has 0 spiro atoms. The van der Waals surface area contributed by atoms with E-state index in [9.17, 15) is 4.79 Å². The Morgan fingerprint density at radius 1 is 1.22 bits per heavy atom. The number of aliphatic imine (C=N–C) groups is 1. The van der Waals surface area contributed by atoms with Gasteiger partial charge in [-0.15, -0.1) is 24.6 Å². The van der Waals surface area contributed by atoms with Gasteiger partial charge in [0, 0.05) is 45.5 Å². The first kappa shape index (κ1) is 34.0. The molecule has 1 aromatic carbocycles. The molecule has 6 heteroatoms. The Morgan fingerprint density at radius 2 is 1.92 bits per heavy atom. The number of thioether (sulfide) groups is 2. The van der Waals surface area contributed by atoms with Crippen LogP contribution in [0.3, 0.4) is 0 Å². The van der Waals surface area contributed by atoms with E-state index in [-0.39, 0.29) is 0 Å². The van der Waals surface area contributed by atoms with Crippen molar-refractivity contribution in [1.82, 2.24) is 5.32 Å². The van der Waals surface area contributed by atoms with Crippen molar-refractivity contribution in [2.45, 2.75) is 44.9 Å². The summed E-state index contributed by atoms with van der Waals surface area (Å²) in [4.78, 5) is 19.1. The third-order valence-electron chi connectivity index (χ3n) is 5.11. The standard InChI is InChI=1S/C22H25NOS2.C7H14N2.C2H2/c1-5-16(2)22(25-4)21-18-12-9-10-14-20(18)26-19(17(3)23-21)13-8-6-7-11-15-24;1-3-9-5-4-7(2)6-8;1-2/h5-7,9-10,12,14-15H,1,8,11,13H2,2-4H3;3-4,9H,1,5-6,8H2,2H3;1-2H/b7-6-,22-16-;7-4+;. The number of benzene rings is 1. The SMILES string of the molecule is C#C.C=C/C(C)=C(\SC)C1=NC(C)=C(CC/C=C\CC=O)Sc2ccccc21.C=CNC/C=C(\C)CN. The minimum Gasteiger partial charge on any atom is -0.388 e. The van der Waals surface area contributed by atoms with Gasteiger partial charge < -0.3 is 15.8 Å². The van der Waals surface area contributed by atoms with Gasteiger partial charge in [0.1, 0.15) is 6.29 Å². The maximum Gasteiger partial charge on any atom is 0.123 e. The van der Waals surface area contributed by atoms with Crippen molar-refractivity contribution in [2.24, 2.45) is 10.7 Å². The second kappa shape index (κ2) is 21.1. The molecule has 0 radical (unpaired) electrons. The van der Waals surface area contributed by atoms with Crippen LogP contribution in [0.25, 0.3) is 0 Å². The van der Waals surface area contributed by atoms with Crippen LogP contribution >= 0.6 is 23.5 Å². The molecule has 0 bridgehead atoms. The van der Waals surface area contributed by atoms with Crippen LogP contribution in [0, 0.1) is 12.8 Å². The highest BCUT2D eigenvalue weighted by Gasteiger charge is 2.20. The van der Waals surface area contributed by atoms with Crippen molar-refractivity contribution in [3.8, 4) is 12.8 Å². The van der Waals surface area contributed by atoms with E-state index >= 15 is 0 Å². The zero-order chi connectivity index (χ0) is 28.1. The summed E-state index contributed by atoms with van der Waals surface area (Å²) in [6.07, 6.45) is 22.9.